The molecule has 5 N–H and O–H groups in total. The molecule has 0 aromatic heterocycles. The van der Waals surface area contributed by atoms with Gasteiger partial charge in [0.05, 0.1) is 19.4 Å². The molecular weight excluding hydrogens is 366 g/mol. The molecule has 0 saturated carbocycles. The van der Waals surface area contributed by atoms with Gasteiger partial charge in [0.1, 0.15) is 0 Å². The molecule has 8 heteroatoms. The number of benzene rings is 1. The van der Waals surface area contributed by atoms with E-state index in [-0.39, 0.29) is 18.2 Å². The zero-order valence-electron chi connectivity index (χ0n) is 16.0. The number of nitrogens with one attached hydrogen (secondary N) is 3. The molecule has 0 radical (unpaired) electrons. The first-order chi connectivity index (χ1) is 13.0. The van der Waals surface area contributed by atoms with E-state index >= 15 is 0 Å². The summed E-state index contributed by atoms with van der Waals surface area (Å²) in [7, 11) is 1.38. The first-order valence-electron chi connectivity index (χ1n) is 9.53. The molecule has 1 amide bonds. The molecular formula is C19H30ClN5O2. The van der Waals surface area contributed by atoms with Gasteiger partial charge in [-0.1, -0.05) is 23.7 Å². The Balaban J connectivity index is 1.73. The number of amides is 1. The maximum absolute atomic E-state index is 11.5. The molecule has 1 aromatic rings. The zero-order valence-corrected chi connectivity index (χ0v) is 16.8. The molecule has 3 rings (SSSR count). The SMILES string of the molecule is COC(=O)NCC1CNC(c2ccc(C)c(Cl)c2)NC1N1CCC(CN)C1. The second-order valence-electron chi connectivity index (χ2n) is 7.48. The van der Waals surface area contributed by atoms with Crippen molar-refractivity contribution in [1.82, 2.24) is 20.9 Å². The number of halogens is 1. The number of ether oxygens (including phenoxy) is 1. The number of rotatable bonds is 5. The highest BCUT2D eigenvalue weighted by Gasteiger charge is 2.37. The minimum Gasteiger partial charge on any atom is -0.453 e. The molecule has 2 heterocycles. The van der Waals surface area contributed by atoms with Crippen LogP contribution in [0.5, 0.6) is 0 Å². The average molecular weight is 396 g/mol. The Morgan fingerprint density at radius 2 is 2.30 bits per heavy atom. The highest BCUT2D eigenvalue weighted by Crippen LogP contribution is 2.27. The van der Waals surface area contributed by atoms with Crippen molar-refractivity contribution < 1.29 is 9.53 Å². The fourth-order valence-corrected chi connectivity index (χ4v) is 4.12. The smallest absolute Gasteiger partial charge is 0.406 e. The van der Waals surface area contributed by atoms with Crippen LogP contribution in [0.4, 0.5) is 4.79 Å². The Morgan fingerprint density at radius 1 is 1.48 bits per heavy atom. The molecule has 4 atom stereocenters. The van der Waals surface area contributed by atoms with Crippen molar-refractivity contribution in [3.05, 3.63) is 34.3 Å². The van der Waals surface area contributed by atoms with Crippen molar-refractivity contribution >= 4 is 17.7 Å². The fraction of sp³-hybridized carbons (Fsp3) is 0.632. The molecule has 2 aliphatic rings. The highest BCUT2D eigenvalue weighted by atomic mass is 35.5. The Hall–Kier alpha value is -1.38. The van der Waals surface area contributed by atoms with Gasteiger partial charge in [0.2, 0.25) is 0 Å². The summed E-state index contributed by atoms with van der Waals surface area (Å²) < 4.78 is 4.72. The quantitative estimate of drug-likeness (QED) is 0.602. The van der Waals surface area contributed by atoms with Gasteiger partial charge < -0.3 is 15.8 Å². The van der Waals surface area contributed by atoms with Crippen LogP contribution in [0.1, 0.15) is 23.7 Å². The van der Waals surface area contributed by atoms with Crippen LogP contribution in [0.25, 0.3) is 0 Å². The number of nitrogens with zero attached hydrogens (tertiary/aromatic N) is 1. The van der Waals surface area contributed by atoms with Gasteiger partial charge in [-0.15, -0.1) is 0 Å². The predicted octanol–water partition coefficient (Wildman–Crippen LogP) is 1.42. The first-order valence-corrected chi connectivity index (χ1v) is 9.91. The number of likely N-dealkylation sites (tertiary alicyclic amines) is 1. The minimum absolute atomic E-state index is 0.0133. The van der Waals surface area contributed by atoms with Crippen molar-refractivity contribution in [3.63, 3.8) is 0 Å². The molecule has 2 saturated heterocycles. The van der Waals surface area contributed by atoms with Gasteiger partial charge in [0.25, 0.3) is 0 Å². The minimum atomic E-state index is -0.401. The molecule has 0 aliphatic carbocycles. The van der Waals surface area contributed by atoms with Gasteiger partial charge in [-0.2, -0.15) is 0 Å². The summed E-state index contributed by atoms with van der Waals surface area (Å²) in [5, 5.41) is 10.9. The number of carbonyl (C=O) groups is 1. The Bertz CT molecular complexity index is 659. The largest absolute Gasteiger partial charge is 0.453 e. The van der Waals surface area contributed by atoms with Crippen LogP contribution < -0.4 is 21.7 Å². The predicted molar refractivity (Wildman–Crippen MR) is 106 cm³/mol. The Morgan fingerprint density at radius 3 is 2.96 bits per heavy atom. The summed E-state index contributed by atoms with van der Waals surface area (Å²) >= 11 is 6.32. The Labute approximate surface area is 165 Å². The summed E-state index contributed by atoms with van der Waals surface area (Å²) in [6, 6.07) is 6.15. The van der Waals surface area contributed by atoms with Crippen LogP contribution in [0.3, 0.4) is 0 Å². The first kappa shape index (κ1) is 20.4. The van der Waals surface area contributed by atoms with Crippen LogP contribution in [-0.4, -0.2) is 57.0 Å². The van der Waals surface area contributed by atoms with Gasteiger partial charge in [-0.25, -0.2) is 4.79 Å². The molecule has 0 bridgehead atoms. The van der Waals surface area contributed by atoms with E-state index in [1.165, 1.54) is 7.11 Å². The molecule has 4 unspecified atom stereocenters. The van der Waals surface area contributed by atoms with Crippen molar-refractivity contribution in [3.8, 4) is 0 Å². The summed E-state index contributed by atoms with van der Waals surface area (Å²) in [4.78, 5) is 14.0. The zero-order chi connectivity index (χ0) is 19.4. The van der Waals surface area contributed by atoms with Gasteiger partial charge in [-0.05, 0) is 43.0 Å². The molecule has 7 nitrogen and oxygen atoms in total. The number of aryl methyl sites for hydroxylation is 1. The van der Waals surface area contributed by atoms with Crippen LogP contribution in [0, 0.1) is 18.8 Å². The Kier molecular flexibility index (Phi) is 6.94. The van der Waals surface area contributed by atoms with Gasteiger partial charge in [0, 0.05) is 37.1 Å². The van der Waals surface area contributed by atoms with E-state index in [1.807, 2.05) is 19.1 Å². The van der Waals surface area contributed by atoms with Crippen molar-refractivity contribution in [2.45, 2.75) is 25.7 Å². The third kappa shape index (κ3) is 4.92. The maximum atomic E-state index is 11.5. The second kappa shape index (κ2) is 9.21. The number of carbonyl (C=O) groups excluding carboxylic acids is 1. The third-order valence-corrected chi connectivity index (χ3v) is 6.04. The van der Waals surface area contributed by atoms with E-state index in [0.29, 0.717) is 19.0 Å². The van der Waals surface area contributed by atoms with Crippen LogP contribution in [0.2, 0.25) is 5.02 Å². The van der Waals surface area contributed by atoms with Crippen molar-refractivity contribution in [2.24, 2.45) is 17.6 Å². The average Bonchev–Trinajstić information content (AvgIpc) is 3.17. The van der Waals surface area contributed by atoms with Crippen LogP contribution in [0.15, 0.2) is 18.2 Å². The van der Waals surface area contributed by atoms with E-state index in [0.717, 1.165) is 42.2 Å². The lowest BCUT2D eigenvalue weighted by Crippen LogP contribution is -2.62. The summed E-state index contributed by atoms with van der Waals surface area (Å²) in [6.45, 7) is 6.02. The number of nitrogens with two attached hydrogens (primary N) is 1. The molecule has 27 heavy (non-hydrogen) atoms. The standard InChI is InChI=1S/C19H30ClN5O2/c1-12-3-4-14(7-16(12)20)17-22-9-15(10-23-19(26)27-2)18(24-17)25-6-5-13(8-21)11-25/h3-4,7,13,15,17-18,22,24H,5-6,8-11,21H2,1-2H3,(H,23,26). The summed E-state index contributed by atoms with van der Waals surface area (Å²) in [5.74, 6) is 0.751. The normalized spacial score (nSPS) is 28.9. The number of hydrogen-bond acceptors (Lipinski definition) is 6. The van der Waals surface area contributed by atoms with Crippen LogP contribution in [-0.2, 0) is 4.74 Å². The van der Waals surface area contributed by atoms with E-state index < -0.39 is 6.09 Å². The molecule has 2 fully saturated rings. The van der Waals surface area contributed by atoms with Crippen molar-refractivity contribution in [2.75, 3.05) is 39.8 Å². The van der Waals surface area contributed by atoms with E-state index in [9.17, 15) is 4.79 Å². The summed E-state index contributed by atoms with van der Waals surface area (Å²) in [5.41, 5.74) is 8.06. The number of methoxy groups -OCH3 is 1. The molecule has 2 aliphatic heterocycles. The number of alkyl carbamates (subject to hydrolysis) is 1. The topological polar surface area (TPSA) is 91.6 Å². The highest BCUT2D eigenvalue weighted by molar-refractivity contribution is 6.31. The van der Waals surface area contributed by atoms with Gasteiger partial charge >= 0.3 is 6.09 Å². The van der Waals surface area contributed by atoms with Gasteiger partial charge in [-0.3, -0.25) is 15.5 Å². The van der Waals surface area contributed by atoms with Crippen LogP contribution >= 0.6 is 11.6 Å². The fourth-order valence-electron chi connectivity index (χ4n) is 3.93. The lowest BCUT2D eigenvalue weighted by atomic mass is 9.99. The van der Waals surface area contributed by atoms with Crippen molar-refractivity contribution in [1.29, 1.82) is 0 Å². The molecule has 0 spiro atoms. The van der Waals surface area contributed by atoms with E-state index in [2.05, 4.69) is 26.9 Å². The molecule has 150 valence electrons. The molecule has 1 aromatic carbocycles. The second-order valence-corrected chi connectivity index (χ2v) is 7.89. The summed E-state index contributed by atoms with van der Waals surface area (Å²) in [6.07, 6.45) is 0.868. The maximum Gasteiger partial charge on any atom is 0.406 e. The number of hydrogen-bond donors (Lipinski definition) is 4. The monoisotopic (exact) mass is 395 g/mol. The van der Waals surface area contributed by atoms with Gasteiger partial charge in [0.15, 0.2) is 0 Å². The lowest BCUT2D eigenvalue weighted by Gasteiger charge is -2.43. The lowest BCUT2D eigenvalue weighted by molar-refractivity contribution is 0.0782. The third-order valence-electron chi connectivity index (χ3n) is 5.64. The van der Waals surface area contributed by atoms with E-state index in [4.69, 9.17) is 22.1 Å². The van der Waals surface area contributed by atoms with E-state index in [1.54, 1.807) is 0 Å².